The number of rotatable bonds is 2. The van der Waals surface area contributed by atoms with Crippen LogP contribution in [0.1, 0.15) is 23.7 Å². The van der Waals surface area contributed by atoms with Gasteiger partial charge in [0, 0.05) is 41.8 Å². The lowest BCUT2D eigenvalue weighted by Gasteiger charge is -2.32. The summed E-state index contributed by atoms with van der Waals surface area (Å²) in [5.74, 6) is 0.885. The summed E-state index contributed by atoms with van der Waals surface area (Å²) in [6.07, 6.45) is 4.51. The number of halogens is 1. The Morgan fingerprint density at radius 3 is 2.67 bits per heavy atom. The molecule has 3 rings (SSSR count). The number of carbonyl (C=O) groups is 1. The third-order valence-corrected chi connectivity index (χ3v) is 3.46. The van der Waals surface area contributed by atoms with Crippen LogP contribution < -0.4 is 4.90 Å². The zero-order valence-electron chi connectivity index (χ0n) is 9.98. The summed E-state index contributed by atoms with van der Waals surface area (Å²) in [4.78, 5) is 22.3. The molecule has 1 saturated heterocycles. The van der Waals surface area contributed by atoms with Gasteiger partial charge in [0.1, 0.15) is 11.0 Å². The fourth-order valence-corrected chi connectivity index (χ4v) is 2.31. The van der Waals surface area contributed by atoms with Gasteiger partial charge in [-0.1, -0.05) is 11.6 Å². The number of anilines is 1. The van der Waals surface area contributed by atoms with Crippen molar-refractivity contribution in [3.8, 4) is 0 Å². The summed E-state index contributed by atoms with van der Waals surface area (Å²) in [6, 6.07) is 1.73. The molecule has 0 unspecified atom stereocenters. The Morgan fingerprint density at radius 2 is 2.06 bits per heavy atom. The van der Waals surface area contributed by atoms with Crippen molar-refractivity contribution in [1.29, 1.82) is 0 Å². The van der Waals surface area contributed by atoms with E-state index in [1.807, 2.05) is 0 Å². The van der Waals surface area contributed by atoms with Crippen molar-refractivity contribution in [2.75, 3.05) is 18.0 Å². The minimum atomic E-state index is -0.00933. The minimum absolute atomic E-state index is 0.00933. The molecule has 5 heteroatoms. The molecule has 0 saturated carbocycles. The summed E-state index contributed by atoms with van der Waals surface area (Å²) in [6.45, 7) is 3.54. The van der Waals surface area contributed by atoms with Gasteiger partial charge in [-0.3, -0.25) is 4.79 Å². The first-order valence-corrected chi connectivity index (χ1v) is 6.25. The molecule has 0 bridgehead atoms. The summed E-state index contributed by atoms with van der Waals surface area (Å²) >= 11 is 5.92. The Kier molecular flexibility index (Phi) is 2.67. The van der Waals surface area contributed by atoms with Gasteiger partial charge in [-0.25, -0.2) is 9.97 Å². The molecule has 0 N–H and O–H groups in total. The van der Waals surface area contributed by atoms with Gasteiger partial charge >= 0.3 is 0 Å². The first kappa shape index (κ1) is 11.4. The SMILES string of the molecule is CC(=O)c1cnc(N2CCC2)c2cnc(Cl)cc12. The van der Waals surface area contributed by atoms with Gasteiger partial charge in [0.25, 0.3) is 0 Å². The molecule has 2 aromatic rings. The second-order valence-corrected chi connectivity index (χ2v) is 4.83. The normalized spacial score (nSPS) is 14.7. The van der Waals surface area contributed by atoms with Crippen molar-refractivity contribution < 1.29 is 4.79 Å². The Bertz CT molecular complexity index is 637. The van der Waals surface area contributed by atoms with Crippen molar-refractivity contribution in [2.45, 2.75) is 13.3 Å². The lowest BCUT2D eigenvalue weighted by Crippen LogP contribution is -2.37. The van der Waals surface area contributed by atoms with E-state index in [0.29, 0.717) is 10.7 Å². The molecule has 0 radical (unpaired) electrons. The van der Waals surface area contributed by atoms with Gasteiger partial charge in [0.15, 0.2) is 5.78 Å². The molecule has 2 aromatic heterocycles. The number of aromatic nitrogens is 2. The Balaban J connectivity index is 2.28. The summed E-state index contributed by atoms with van der Waals surface area (Å²) in [5.41, 5.74) is 0.596. The van der Waals surface area contributed by atoms with Crippen LogP contribution in [0.5, 0.6) is 0 Å². The molecule has 0 aromatic carbocycles. The fourth-order valence-electron chi connectivity index (χ4n) is 2.16. The van der Waals surface area contributed by atoms with E-state index in [-0.39, 0.29) is 5.78 Å². The number of hydrogen-bond donors (Lipinski definition) is 0. The maximum Gasteiger partial charge on any atom is 0.161 e. The Hall–Kier alpha value is -1.68. The average Bonchev–Trinajstić information content (AvgIpc) is 2.26. The molecule has 1 fully saturated rings. The van der Waals surface area contributed by atoms with Gasteiger partial charge in [0.2, 0.25) is 0 Å². The van der Waals surface area contributed by atoms with E-state index in [1.54, 1.807) is 18.5 Å². The second-order valence-electron chi connectivity index (χ2n) is 4.44. The van der Waals surface area contributed by atoms with E-state index in [1.165, 1.54) is 13.3 Å². The van der Waals surface area contributed by atoms with E-state index in [0.717, 1.165) is 29.7 Å². The van der Waals surface area contributed by atoms with E-state index in [9.17, 15) is 4.79 Å². The van der Waals surface area contributed by atoms with E-state index >= 15 is 0 Å². The van der Waals surface area contributed by atoms with Crippen LogP contribution in [0.25, 0.3) is 10.8 Å². The van der Waals surface area contributed by atoms with Crippen molar-refractivity contribution in [3.05, 3.63) is 29.2 Å². The molecule has 1 aliphatic rings. The molecule has 92 valence electrons. The van der Waals surface area contributed by atoms with Crippen LogP contribution in [-0.2, 0) is 0 Å². The summed E-state index contributed by atoms with van der Waals surface area (Å²) in [5, 5.41) is 2.12. The highest BCUT2D eigenvalue weighted by Crippen LogP contribution is 2.30. The van der Waals surface area contributed by atoms with E-state index in [2.05, 4.69) is 14.9 Å². The largest absolute Gasteiger partial charge is 0.356 e. The molecule has 18 heavy (non-hydrogen) atoms. The first-order valence-electron chi connectivity index (χ1n) is 5.87. The van der Waals surface area contributed by atoms with Gasteiger partial charge in [-0.15, -0.1) is 0 Å². The smallest absolute Gasteiger partial charge is 0.161 e. The average molecular weight is 262 g/mol. The number of Topliss-reactive ketones (excluding diaryl/α,β-unsaturated/α-hetero) is 1. The van der Waals surface area contributed by atoms with Gasteiger partial charge in [-0.2, -0.15) is 0 Å². The van der Waals surface area contributed by atoms with E-state index < -0.39 is 0 Å². The quantitative estimate of drug-likeness (QED) is 0.616. The summed E-state index contributed by atoms with van der Waals surface area (Å²) < 4.78 is 0. The third-order valence-electron chi connectivity index (χ3n) is 3.25. The Labute approximate surface area is 110 Å². The second kappa shape index (κ2) is 4.21. The highest BCUT2D eigenvalue weighted by atomic mass is 35.5. The monoisotopic (exact) mass is 261 g/mol. The van der Waals surface area contributed by atoms with Crippen LogP contribution in [-0.4, -0.2) is 28.8 Å². The predicted molar refractivity (Wildman–Crippen MR) is 71.4 cm³/mol. The molecule has 0 amide bonds. The molecular formula is C13H12ClN3O. The molecular weight excluding hydrogens is 250 g/mol. The molecule has 0 atom stereocenters. The van der Waals surface area contributed by atoms with Crippen LogP contribution >= 0.6 is 11.6 Å². The third kappa shape index (κ3) is 1.73. The van der Waals surface area contributed by atoms with Gasteiger partial charge in [-0.05, 0) is 19.4 Å². The van der Waals surface area contributed by atoms with Crippen LogP contribution in [0.2, 0.25) is 5.15 Å². The zero-order chi connectivity index (χ0) is 12.7. The van der Waals surface area contributed by atoms with Crippen molar-refractivity contribution in [3.63, 3.8) is 0 Å². The van der Waals surface area contributed by atoms with Gasteiger partial charge < -0.3 is 4.90 Å². The number of pyridine rings is 2. The van der Waals surface area contributed by atoms with Crippen LogP contribution in [0.15, 0.2) is 18.5 Å². The lowest BCUT2D eigenvalue weighted by atomic mass is 10.1. The van der Waals surface area contributed by atoms with Crippen molar-refractivity contribution in [1.82, 2.24) is 9.97 Å². The summed E-state index contributed by atoms with van der Waals surface area (Å²) in [7, 11) is 0. The molecule has 3 heterocycles. The number of carbonyl (C=O) groups excluding carboxylic acids is 1. The number of nitrogens with zero attached hydrogens (tertiary/aromatic N) is 3. The van der Waals surface area contributed by atoms with Crippen LogP contribution in [0.4, 0.5) is 5.82 Å². The van der Waals surface area contributed by atoms with Gasteiger partial charge in [0.05, 0.1) is 0 Å². The highest BCUT2D eigenvalue weighted by Gasteiger charge is 2.20. The predicted octanol–water partition coefficient (Wildman–Crippen LogP) is 2.70. The molecule has 1 aliphatic heterocycles. The van der Waals surface area contributed by atoms with Crippen LogP contribution in [0, 0.1) is 0 Å². The first-order chi connectivity index (χ1) is 8.66. The zero-order valence-corrected chi connectivity index (χ0v) is 10.7. The maximum absolute atomic E-state index is 11.6. The molecule has 0 spiro atoms. The Morgan fingerprint density at radius 1 is 1.28 bits per heavy atom. The van der Waals surface area contributed by atoms with Crippen molar-refractivity contribution in [2.24, 2.45) is 0 Å². The lowest BCUT2D eigenvalue weighted by molar-refractivity contribution is 0.101. The number of ketones is 1. The molecule has 4 nitrogen and oxygen atoms in total. The highest BCUT2D eigenvalue weighted by molar-refractivity contribution is 6.30. The maximum atomic E-state index is 11.6. The van der Waals surface area contributed by atoms with Crippen molar-refractivity contribution >= 4 is 34.0 Å². The van der Waals surface area contributed by atoms with E-state index in [4.69, 9.17) is 11.6 Å². The number of fused-ring (bicyclic) bond motifs is 1. The molecule has 0 aliphatic carbocycles. The minimum Gasteiger partial charge on any atom is -0.356 e. The number of hydrogen-bond acceptors (Lipinski definition) is 4. The standard InChI is InChI=1S/C13H12ClN3O/c1-8(18)10-6-16-13(17-3-2-4-17)11-7-15-12(14)5-9(10)11/h5-7H,2-4H2,1H3. The fraction of sp³-hybridized carbons (Fsp3) is 0.308. The topological polar surface area (TPSA) is 46.1 Å². The van der Waals surface area contributed by atoms with Crippen LogP contribution in [0.3, 0.4) is 0 Å².